The van der Waals surface area contributed by atoms with Gasteiger partial charge in [-0.3, -0.25) is 4.79 Å². The van der Waals surface area contributed by atoms with Gasteiger partial charge >= 0.3 is 6.09 Å². The molecule has 2 fully saturated rings. The average molecular weight is 328 g/mol. The molecule has 124 valence electrons. The minimum absolute atomic E-state index is 0.127. The summed E-state index contributed by atoms with van der Waals surface area (Å²) in [5.41, 5.74) is 0.511. The first-order valence-electron chi connectivity index (χ1n) is 7.76. The summed E-state index contributed by atoms with van der Waals surface area (Å²) in [7, 11) is 0. The highest BCUT2D eigenvalue weighted by atomic mass is 16.6. The summed E-state index contributed by atoms with van der Waals surface area (Å²) in [6.45, 7) is 1.44. The lowest BCUT2D eigenvalue weighted by atomic mass is 9.92. The summed E-state index contributed by atoms with van der Waals surface area (Å²) in [5, 5.41) is 16.5. The molecule has 2 amide bonds. The predicted molar refractivity (Wildman–Crippen MR) is 82.0 cm³/mol. The Balaban J connectivity index is 1.61. The summed E-state index contributed by atoms with van der Waals surface area (Å²) in [5.74, 6) is 0.247. The van der Waals surface area contributed by atoms with Crippen molar-refractivity contribution in [2.24, 2.45) is 0 Å². The third-order valence-electron chi connectivity index (χ3n) is 4.43. The molecule has 2 N–H and O–H groups in total. The zero-order valence-corrected chi connectivity index (χ0v) is 12.9. The highest BCUT2D eigenvalue weighted by Crippen LogP contribution is 2.30. The second-order valence-corrected chi connectivity index (χ2v) is 6.04. The number of ether oxygens (including phenoxy) is 1. The van der Waals surface area contributed by atoms with Gasteiger partial charge in [0.05, 0.1) is 18.7 Å². The summed E-state index contributed by atoms with van der Waals surface area (Å²) in [6, 6.07) is 7.15. The number of nitrogens with one attached hydrogen (secondary N) is 2. The van der Waals surface area contributed by atoms with Crippen molar-refractivity contribution >= 4 is 12.0 Å². The molecule has 9 nitrogen and oxygen atoms in total. The van der Waals surface area contributed by atoms with Crippen molar-refractivity contribution in [3.8, 4) is 11.4 Å². The number of aromatic nitrogens is 4. The van der Waals surface area contributed by atoms with E-state index >= 15 is 0 Å². The van der Waals surface area contributed by atoms with Crippen molar-refractivity contribution in [3.05, 3.63) is 29.8 Å². The second kappa shape index (κ2) is 5.59. The van der Waals surface area contributed by atoms with Crippen LogP contribution in [0.2, 0.25) is 0 Å². The van der Waals surface area contributed by atoms with E-state index in [4.69, 9.17) is 4.74 Å². The Kier molecular flexibility index (Phi) is 3.40. The molecule has 2 aliphatic rings. The van der Waals surface area contributed by atoms with Crippen molar-refractivity contribution in [2.45, 2.75) is 18.4 Å². The summed E-state index contributed by atoms with van der Waals surface area (Å²) in [6.07, 6.45) is 1.11. The van der Waals surface area contributed by atoms with Crippen molar-refractivity contribution in [1.29, 1.82) is 0 Å². The number of piperidine rings is 1. The van der Waals surface area contributed by atoms with Gasteiger partial charge in [0.2, 0.25) is 5.82 Å². The smallest absolute Gasteiger partial charge is 0.407 e. The van der Waals surface area contributed by atoms with Crippen LogP contribution in [0.1, 0.15) is 23.2 Å². The molecule has 2 aliphatic heterocycles. The van der Waals surface area contributed by atoms with Gasteiger partial charge in [-0.1, -0.05) is 18.2 Å². The Morgan fingerprint density at radius 2 is 2.21 bits per heavy atom. The summed E-state index contributed by atoms with van der Waals surface area (Å²) in [4.78, 5) is 26.1. The van der Waals surface area contributed by atoms with Gasteiger partial charge in [-0.15, -0.1) is 10.2 Å². The first-order chi connectivity index (χ1) is 11.7. The standard InChI is InChI=1S/C15H16N6O3/c22-13(11-5-2-1-4-10(11)12-17-19-20-18-12)21-7-3-6-15(9-21)8-16-14(23)24-15/h1-2,4-5H,3,6-9H2,(H,16,23)(H,17,18,19,20)/t15-/m1/s1. The number of carbonyl (C=O) groups is 2. The van der Waals surface area contributed by atoms with Crippen LogP contribution in [0, 0.1) is 0 Å². The van der Waals surface area contributed by atoms with Crippen LogP contribution in [0.4, 0.5) is 4.79 Å². The molecule has 0 unspecified atom stereocenters. The quantitative estimate of drug-likeness (QED) is 0.834. The van der Waals surface area contributed by atoms with E-state index in [9.17, 15) is 9.59 Å². The molecule has 24 heavy (non-hydrogen) atoms. The Bertz CT molecular complexity index is 777. The van der Waals surface area contributed by atoms with Crippen LogP contribution < -0.4 is 5.32 Å². The average Bonchev–Trinajstić information content (AvgIpc) is 3.25. The van der Waals surface area contributed by atoms with Crippen molar-refractivity contribution in [3.63, 3.8) is 0 Å². The topological polar surface area (TPSA) is 113 Å². The lowest BCUT2D eigenvalue weighted by Gasteiger charge is -2.38. The molecule has 1 aromatic heterocycles. The number of hydrogen-bond donors (Lipinski definition) is 2. The first-order valence-corrected chi connectivity index (χ1v) is 7.76. The van der Waals surface area contributed by atoms with Crippen LogP contribution in [-0.4, -0.2) is 62.8 Å². The molecule has 1 aromatic carbocycles. The van der Waals surface area contributed by atoms with E-state index in [1.54, 1.807) is 23.1 Å². The maximum Gasteiger partial charge on any atom is 0.407 e. The van der Waals surface area contributed by atoms with E-state index in [1.807, 2.05) is 6.07 Å². The zero-order valence-electron chi connectivity index (χ0n) is 12.9. The van der Waals surface area contributed by atoms with Crippen LogP contribution in [0.25, 0.3) is 11.4 Å². The van der Waals surface area contributed by atoms with Crippen molar-refractivity contribution in [1.82, 2.24) is 30.8 Å². The van der Waals surface area contributed by atoms with Crippen molar-refractivity contribution in [2.75, 3.05) is 19.6 Å². The molecule has 1 spiro atoms. The molecular formula is C15H16N6O3. The second-order valence-electron chi connectivity index (χ2n) is 6.04. The van der Waals surface area contributed by atoms with Gasteiger partial charge in [0, 0.05) is 12.1 Å². The van der Waals surface area contributed by atoms with E-state index in [0.29, 0.717) is 36.6 Å². The Labute approximate surface area is 137 Å². The predicted octanol–water partition coefficient (Wildman–Crippen LogP) is 0.581. The third kappa shape index (κ3) is 2.47. The number of carbonyl (C=O) groups excluding carboxylic acids is 2. The first kappa shape index (κ1) is 14.6. The van der Waals surface area contributed by atoms with E-state index in [2.05, 4.69) is 25.9 Å². The van der Waals surface area contributed by atoms with Gasteiger partial charge in [-0.05, 0) is 24.1 Å². The van der Waals surface area contributed by atoms with E-state index in [0.717, 1.165) is 12.8 Å². The Morgan fingerprint density at radius 1 is 1.33 bits per heavy atom. The molecule has 0 radical (unpaired) electrons. The largest absolute Gasteiger partial charge is 0.439 e. The number of amides is 2. The number of aromatic amines is 1. The normalized spacial score (nSPS) is 23.2. The Morgan fingerprint density at radius 3 is 2.96 bits per heavy atom. The SMILES string of the molecule is O=C1NC[C@@]2(CCCN(C(=O)c3ccccc3-c3nn[nH]n3)C2)O1. The van der Waals surface area contributed by atoms with Crippen LogP contribution in [0.5, 0.6) is 0 Å². The van der Waals surface area contributed by atoms with E-state index < -0.39 is 11.7 Å². The fraction of sp³-hybridized carbons (Fsp3) is 0.400. The summed E-state index contributed by atoms with van der Waals surface area (Å²) >= 11 is 0. The number of hydrogen-bond acceptors (Lipinski definition) is 6. The molecule has 0 aliphatic carbocycles. The molecule has 1 atom stereocenters. The number of benzene rings is 1. The van der Waals surface area contributed by atoms with Crippen LogP contribution in [0.3, 0.4) is 0 Å². The molecule has 0 bridgehead atoms. The third-order valence-corrected chi connectivity index (χ3v) is 4.43. The van der Waals surface area contributed by atoms with Crippen LogP contribution in [-0.2, 0) is 4.74 Å². The zero-order chi connectivity index (χ0) is 16.6. The maximum absolute atomic E-state index is 13.0. The Hall–Kier alpha value is -2.97. The van der Waals surface area contributed by atoms with Gasteiger partial charge in [-0.25, -0.2) is 4.79 Å². The maximum atomic E-state index is 13.0. The summed E-state index contributed by atoms with van der Waals surface area (Å²) < 4.78 is 5.42. The molecule has 2 aromatic rings. The highest BCUT2D eigenvalue weighted by Gasteiger charge is 2.45. The molecular weight excluding hydrogens is 312 g/mol. The van der Waals surface area contributed by atoms with Crippen LogP contribution in [0.15, 0.2) is 24.3 Å². The van der Waals surface area contributed by atoms with Crippen molar-refractivity contribution < 1.29 is 14.3 Å². The lowest BCUT2D eigenvalue weighted by molar-refractivity contribution is -0.00501. The lowest BCUT2D eigenvalue weighted by Crippen LogP contribution is -2.52. The number of nitrogens with zero attached hydrogens (tertiary/aromatic N) is 4. The van der Waals surface area contributed by atoms with Gasteiger partial charge in [0.25, 0.3) is 5.91 Å². The number of alkyl carbamates (subject to hydrolysis) is 1. The van der Waals surface area contributed by atoms with Gasteiger partial charge in [0.1, 0.15) is 5.60 Å². The number of H-pyrrole nitrogens is 1. The molecule has 9 heteroatoms. The molecule has 4 rings (SSSR count). The van der Waals surface area contributed by atoms with Gasteiger partial charge < -0.3 is 15.0 Å². The van der Waals surface area contributed by atoms with Gasteiger partial charge in [0.15, 0.2) is 0 Å². The minimum Gasteiger partial charge on any atom is -0.439 e. The minimum atomic E-state index is -0.619. The monoisotopic (exact) mass is 328 g/mol. The van der Waals surface area contributed by atoms with E-state index in [-0.39, 0.29) is 5.91 Å². The number of tetrazole rings is 1. The van der Waals surface area contributed by atoms with Crippen LogP contribution >= 0.6 is 0 Å². The van der Waals surface area contributed by atoms with Gasteiger partial charge in [-0.2, -0.15) is 5.21 Å². The van der Waals surface area contributed by atoms with E-state index in [1.165, 1.54) is 0 Å². The molecule has 0 saturated carbocycles. The highest BCUT2D eigenvalue weighted by molar-refractivity contribution is 6.00. The number of rotatable bonds is 2. The number of likely N-dealkylation sites (tertiary alicyclic amines) is 1. The molecule has 2 saturated heterocycles. The molecule has 3 heterocycles. The fourth-order valence-corrected chi connectivity index (χ4v) is 3.31. The fourth-order valence-electron chi connectivity index (χ4n) is 3.31.